The first-order valence-electron chi connectivity index (χ1n) is 6.87. The predicted octanol–water partition coefficient (Wildman–Crippen LogP) is 2.22. The van der Waals surface area contributed by atoms with Crippen LogP contribution in [0, 0.1) is 0 Å². The number of carbonyl (C=O) groups excluding carboxylic acids is 1. The molecule has 0 saturated carbocycles. The average Bonchev–Trinajstić information content (AvgIpc) is 2.94. The molecular weight excluding hydrogens is 302 g/mol. The maximum Gasteiger partial charge on any atom is 0.335 e. The normalized spacial score (nSPS) is 10.7. The number of carboxylic acids is 1. The summed E-state index contributed by atoms with van der Waals surface area (Å²) in [6.45, 7) is 4.42. The van der Waals surface area contributed by atoms with Gasteiger partial charge in [0.25, 0.3) is 0 Å². The molecule has 0 aliphatic heterocycles. The summed E-state index contributed by atoms with van der Waals surface area (Å²) in [5.74, 6) is -0.859. The minimum absolute atomic E-state index is 0.136. The minimum atomic E-state index is -1.00. The molecule has 0 unspecified atom stereocenters. The number of benzene rings is 1. The topological polar surface area (TPSA) is 92.2 Å². The highest BCUT2D eigenvalue weighted by molar-refractivity contribution is 7.11. The largest absolute Gasteiger partial charge is 0.478 e. The number of aromatic carboxylic acids is 1. The Bertz CT molecular complexity index is 682. The van der Waals surface area contributed by atoms with Crippen LogP contribution < -0.4 is 5.32 Å². The second kappa shape index (κ2) is 7.13. The lowest BCUT2D eigenvalue weighted by Gasteiger charge is -2.04. The zero-order valence-corrected chi connectivity index (χ0v) is 13.2. The van der Waals surface area contributed by atoms with Crippen molar-refractivity contribution in [2.24, 2.45) is 0 Å². The number of hydrogen-bond donors (Lipinski definition) is 2. The Morgan fingerprint density at radius 3 is 2.73 bits per heavy atom. The van der Waals surface area contributed by atoms with Crippen LogP contribution in [0.5, 0.6) is 0 Å². The quantitative estimate of drug-likeness (QED) is 0.851. The summed E-state index contributed by atoms with van der Waals surface area (Å²) < 4.78 is 0. The molecular formula is C15H17N3O3S. The first kappa shape index (κ1) is 16.1. The molecule has 1 amide bonds. The fourth-order valence-corrected chi connectivity index (χ4v) is 2.59. The van der Waals surface area contributed by atoms with Crippen LogP contribution in [0.4, 0.5) is 0 Å². The molecule has 0 aliphatic rings. The van der Waals surface area contributed by atoms with Gasteiger partial charge in [0.2, 0.25) is 5.91 Å². The van der Waals surface area contributed by atoms with Crippen molar-refractivity contribution in [1.29, 1.82) is 0 Å². The van der Waals surface area contributed by atoms with Crippen molar-refractivity contribution in [2.75, 3.05) is 0 Å². The van der Waals surface area contributed by atoms with Gasteiger partial charge in [-0.15, -0.1) is 10.2 Å². The Kier molecular flexibility index (Phi) is 5.21. The number of rotatable bonds is 6. The third kappa shape index (κ3) is 4.36. The van der Waals surface area contributed by atoms with E-state index in [1.807, 2.05) is 13.8 Å². The number of nitrogens with zero attached hydrogens (tertiary/aromatic N) is 2. The molecule has 1 aromatic heterocycles. The second-order valence-electron chi connectivity index (χ2n) is 5.15. The van der Waals surface area contributed by atoms with E-state index >= 15 is 0 Å². The van der Waals surface area contributed by atoms with E-state index in [1.165, 1.54) is 23.5 Å². The molecule has 0 bridgehead atoms. The highest BCUT2D eigenvalue weighted by Gasteiger charge is 2.10. The van der Waals surface area contributed by atoms with E-state index in [0.29, 0.717) is 18.0 Å². The zero-order valence-electron chi connectivity index (χ0n) is 12.4. The third-order valence-electron chi connectivity index (χ3n) is 2.95. The van der Waals surface area contributed by atoms with Gasteiger partial charge in [-0.3, -0.25) is 4.79 Å². The molecule has 1 heterocycles. The van der Waals surface area contributed by atoms with E-state index in [-0.39, 0.29) is 17.9 Å². The highest BCUT2D eigenvalue weighted by atomic mass is 32.1. The van der Waals surface area contributed by atoms with Crippen LogP contribution in [0.25, 0.3) is 0 Å². The summed E-state index contributed by atoms with van der Waals surface area (Å²) in [7, 11) is 0. The molecule has 2 aromatic rings. The fraction of sp³-hybridized carbons (Fsp3) is 0.333. The molecule has 1 aromatic carbocycles. The van der Waals surface area contributed by atoms with Gasteiger partial charge in [-0.1, -0.05) is 37.3 Å². The van der Waals surface area contributed by atoms with E-state index in [1.54, 1.807) is 12.1 Å². The SMILES string of the molecule is CC(C)c1nnc(CNC(=O)Cc2cccc(C(=O)O)c2)s1. The van der Waals surface area contributed by atoms with Gasteiger partial charge >= 0.3 is 5.97 Å². The minimum Gasteiger partial charge on any atom is -0.478 e. The molecule has 0 atom stereocenters. The van der Waals surface area contributed by atoms with Crippen molar-refractivity contribution >= 4 is 23.2 Å². The molecule has 7 heteroatoms. The molecule has 2 rings (SSSR count). The van der Waals surface area contributed by atoms with Crippen LogP contribution in [-0.2, 0) is 17.8 Å². The van der Waals surface area contributed by atoms with Crippen LogP contribution in [0.1, 0.15) is 45.7 Å². The molecule has 0 saturated heterocycles. The number of aromatic nitrogens is 2. The Labute approximate surface area is 132 Å². The number of hydrogen-bond acceptors (Lipinski definition) is 5. The van der Waals surface area contributed by atoms with Crippen LogP contribution in [0.2, 0.25) is 0 Å². The predicted molar refractivity (Wildman–Crippen MR) is 83.0 cm³/mol. The third-order valence-corrected chi connectivity index (χ3v) is 4.18. The van der Waals surface area contributed by atoms with E-state index < -0.39 is 5.97 Å². The molecule has 6 nitrogen and oxygen atoms in total. The number of nitrogens with one attached hydrogen (secondary N) is 1. The smallest absolute Gasteiger partial charge is 0.335 e. The summed E-state index contributed by atoms with van der Waals surface area (Å²) in [5, 5.41) is 21.5. The van der Waals surface area contributed by atoms with Gasteiger partial charge in [0.05, 0.1) is 18.5 Å². The first-order chi connectivity index (χ1) is 10.5. The molecule has 0 spiro atoms. The lowest BCUT2D eigenvalue weighted by atomic mass is 10.1. The van der Waals surface area contributed by atoms with Gasteiger partial charge in [0.15, 0.2) is 0 Å². The highest BCUT2D eigenvalue weighted by Crippen LogP contribution is 2.18. The van der Waals surface area contributed by atoms with Gasteiger partial charge < -0.3 is 10.4 Å². The number of amides is 1. The van der Waals surface area contributed by atoms with Gasteiger partial charge in [-0.2, -0.15) is 0 Å². The Morgan fingerprint density at radius 1 is 1.32 bits per heavy atom. The number of carboxylic acid groups (broad SMARTS) is 1. The van der Waals surface area contributed by atoms with Crippen molar-refractivity contribution in [2.45, 2.75) is 32.7 Å². The van der Waals surface area contributed by atoms with E-state index in [4.69, 9.17) is 5.11 Å². The van der Waals surface area contributed by atoms with Crippen molar-refractivity contribution < 1.29 is 14.7 Å². The van der Waals surface area contributed by atoms with Gasteiger partial charge in [-0.05, 0) is 17.7 Å². The molecule has 2 N–H and O–H groups in total. The summed E-state index contributed by atoms with van der Waals surface area (Å²) >= 11 is 1.48. The summed E-state index contributed by atoms with van der Waals surface area (Å²) in [4.78, 5) is 22.8. The zero-order chi connectivity index (χ0) is 16.1. The van der Waals surface area contributed by atoms with E-state index in [0.717, 1.165) is 10.0 Å². The van der Waals surface area contributed by atoms with Gasteiger partial charge in [0.1, 0.15) is 10.0 Å². The van der Waals surface area contributed by atoms with Crippen molar-refractivity contribution in [3.05, 3.63) is 45.4 Å². The maximum absolute atomic E-state index is 11.9. The first-order valence-corrected chi connectivity index (χ1v) is 7.68. The summed E-state index contributed by atoms with van der Waals surface area (Å²) in [5.41, 5.74) is 0.841. The lowest BCUT2D eigenvalue weighted by Crippen LogP contribution is -2.24. The molecule has 0 aliphatic carbocycles. The molecule has 22 heavy (non-hydrogen) atoms. The maximum atomic E-state index is 11.9. The van der Waals surface area contributed by atoms with Crippen LogP contribution >= 0.6 is 11.3 Å². The van der Waals surface area contributed by atoms with E-state index in [9.17, 15) is 9.59 Å². The Morgan fingerprint density at radius 2 is 2.09 bits per heavy atom. The van der Waals surface area contributed by atoms with Gasteiger partial charge in [0, 0.05) is 5.92 Å². The standard InChI is InChI=1S/C15H17N3O3S/c1-9(2)14-18-17-13(22-14)8-16-12(19)7-10-4-3-5-11(6-10)15(20)21/h3-6,9H,7-8H2,1-2H3,(H,16,19)(H,20,21). The fourth-order valence-electron chi connectivity index (χ4n) is 1.81. The van der Waals surface area contributed by atoms with Crippen LogP contribution in [0.15, 0.2) is 24.3 Å². The molecule has 0 radical (unpaired) electrons. The number of carbonyl (C=O) groups is 2. The Balaban J connectivity index is 1.90. The van der Waals surface area contributed by atoms with Crippen molar-refractivity contribution in [3.63, 3.8) is 0 Å². The summed E-state index contributed by atoms with van der Waals surface area (Å²) in [6.07, 6.45) is 0.136. The van der Waals surface area contributed by atoms with Crippen LogP contribution in [-0.4, -0.2) is 27.2 Å². The van der Waals surface area contributed by atoms with Crippen molar-refractivity contribution in [3.8, 4) is 0 Å². The molecule has 0 fully saturated rings. The second-order valence-corrected chi connectivity index (χ2v) is 6.24. The monoisotopic (exact) mass is 319 g/mol. The summed E-state index contributed by atoms with van der Waals surface area (Å²) in [6, 6.07) is 6.36. The molecule has 116 valence electrons. The van der Waals surface area contributed by atoms with Crippen LogP contribution in [0.3, 0.4) is 0 Å². The van der Waals surface area contributed by atoms with E-state index in [2.05, 4.69) is 15.5 Å². The Hall–Kier alpha value is -2.28. The van der Waals surface area contributed by atoms with Gasteiger partial charge in [-0.25, -0.2) is 4.79 Å². The van der Waals surface area contributed by atoms with Crippen molar-refractivity contribution in [1.82, 2.24) is 15.5 Å². The average molecular weight is 319 g/mol. The lowest BCUT2D eigenvalue weighted by molar-refractivity contribution is -0.120.